The molecule has 0 N–H and O–H groups in total. The first-order valence-corrected chi connectivity index (χ1v) is 9.08. The van der Waals surface area contributed by atoms with Gasteiger partial charge >= 0.3 is 0 Å². The average Bonchev–Trinajstić information content (AvgIpc) is 2.60. The zero-order chi connectivity index (χ0) is 17.3. The minimum atomic E-state index is -0.0353. The van der Waals surface area contributed by atoms with Gasteiger partial charge in [-0.15, -0.1) is 11.8 Å². The van der Waals surface area contributed by atoms with Gasteiger partial charge in [-0.2, -0.15) is 0 Å². The highest BCUT2D eigenvalue weighted by Gasteiger charge is 2.30. The maximum atomic E-state index is 12.0. The standard InChI is InChI=1S/C19H20N2O2S/c1-13-11-20(12-22)19-10-16(6-9-18(19)21(13)14(2)23)15-4-7-17(24-3)8-5-15/h4-10,12-13H,11H2,1-3H3. The van der Waals surface area contributed by atoms with Crippen molar-refractivity contribution in [2.24, 2.45) is 0 Å². The Labute approximate surface area is 146 Å². The maximum Gasteiger partial charge on any atom is 0.224 e. The molecular formula is C19H20N2O2S. The molecule has 0 spiro atoms. The molecule has 0 saturated heterocycles. The Morgan fingerprint density at radius 2 is 1.79 bits per heavy atom. The van der Waals surface area contributed by atoms with Crippen molar-refractivity contribution < 1.29 is 9.59 Å². The van der Waals surface area contributed by atoms with Gasteiger partial charge in [0.05, 0.1) is 17.4 Å². The first kappa shape index (κ1) is 16.6. The van der Waals surface area contributed by atoms with Gasteiger partial charge in [0.1, 0.15) is 0 Å². The highest BCUT2D eigenvalue weighted by molar-refractivity contribution is 7.98. The van der Waals surface area contributed by atoms with Crippen molar-refractivity contribution in [1.82, 2.24) is 0 Å². The summed E-state index contributed by atoms with van der Waals surface area (Å²) in [6, 6.07) is 14.2. The van der Waals surface area contributed by atoms with Gasteiger partial charge < -0.3 is 9.80 Å². The molecular weight excluding hydrogens is 320 g/mol. The zero-order valence-electron chi connectivity index (χ0n) is 14.0. The fourth-order valence-corrected chi connectivity index (χ4v) is 3.61. The van der Waals surface area contributed by atoms with Crippen LogP contribution in [-0.2, 0) is 9.59 Å². The van der Waals surface area contributed by atoms with Crippen molar-refractivity contribution in [3.63, 3.8) is 0 Å². The first-order chi connectivity index (χ1) is 11.5. The molecule has 24 heavy (non-hydrogen) atoms. The molecule has 3 rings (SSSR count). The van der Waals surface area contributed by atoms with Crippen LogP contribution in [-0.4, -0.2) is 31.2 Å². The van der Waals surface area contributed by atoms with Gasteiger partial charge in [-0.1, -0.05) is 18.2 Å². The van der Waals surface area contributed by atoms with Crippen LogP contribution in [0, 0.1) is 0 Å². The van der Waals surface area contributed by atoms with Crippen molar-refractivity contribution >= 4 is 35.5 Å². The lowest BCUT2D eigenvalue weighted by atomic mass is 10.0. The Morgan fingerprint density at radius 3 is 2.38 bits per heavy atom. The molecule has 2 amide bonds. The number of thioether (sulfide) groups is 1. The number of anilines is 2. The fraction of sp³-hybridized carbons (Fsp3) is 0.263. The van der Waals surface area contributed by atoms with E-state index >= 15 is 0 Å². The number of fused-ring (bicyclic) bond motifs is 1. The summed E-state index contributed by atoms with van der Waals surface area (Å²) in [7, 11) is 0. The molecule has 5 heteroatoms. The molecule has 0 radical (unpaired) electrons. The van der Waals surface area contributed by atoms with E-state index in [4.69, 9.17) is 0 Å². The van der Waals surface area contributed by atoms with Gasteiger partial charge in [0, 0.05) is 18.4 Å². The SMILES string of the molecule is CSc1ccc(-c2ccc3c(c2)N(C=O)CC(C)N3C(C)=O)cc1. The summed E-state index contributed by atoms with van der Waals surface area (Å²) in [5.74, 6) is -0.00799. The molecule has 0 fully saturated rings. The van der Waals surface area contributed by atoms with E-state index in [1.807, 2.05) is 31.4 Å². The number of hydrogen-bond donors (Lipinski definition) is 0. The van der Waals surface area contributed by atoms with Crippen LogP contribution in [0.15, 0.2) is 47.4 Å². The maximum absolute atomic E-state index is 12.0. The van der Waals surface area contributed by atoms with Crippen LogP contribution in [0.3, 0.4) is 0 Å². The number of carbonyl (C=O) groups excluding carboxylic acids is 2. The Balaban J connectivity index is 2.07. The zero-order valence-corrected chi connectivity index (χ0v) is 14.8. The van der Waals surface area contributed by atoms with Crippen molar-refractivity contribution in [2.75, 3.05) is 22.6 Å². The van der Waals surface area contributed by atoms with E-state index in [9.17, 15) is 9.59 Å². The van der Waals surface area contributed by atoms with E-state index in [-0.39, 0.29) is 11.9 Å². The lowest BCUT2D eigenvalue weighted by Crippen LogP contribution is -2.49. The van der Waals surface area contributed by atoms with Crippen LogP contribution in [0.5, 0.6) is 0 Å². The van der Waals surface area contributed by atoms with Crippen LogP contribution in [0.2, 0.25) is 0 Å². The Kier molecular flexibility index (Phi) is 4.62. The molecule has 0 aromatic heterocycles. The number of carbonyl (C=O) groups is 2. The molecule has 124 valence electrons. The summed E-state index contributed by atoms with van der Waals surface area (Å²) < 4.78 is 0. The van der Waals surface area contributed by atoms with Gasteiger partial charge in [-0.25, -0.2) is 0 Å². The summed E-state index contributed by atoms with van der Waals surface area (Å²) in [4.78, 5) is 28.2. The highest BCUT2D eigenvalue weighted by Crippen LogP contribution is 2.38. The largest absolute Gasteiger partial charge is 0.311 e. The Hall–Kier alpha value is -2.27. The summed E-state index contributed by atoms with van der Waals surface area (Å²) in [6.07, 6.45) is 2.89. The van der Waals surface area contributed by atoms with Crippen molar-refractivity contribution in [2.45, 2.75) is 24.8 Å². The molecule has 2 aromatic carbocycles. The quantitative estimate of drug-likeness (QED) is 0.630. The van der Waals surface area contributed by atoms with Gasteiger partial charge in [-0.05, 0) is 48.6 Å². The van der Waals surface area contributed by atoms with E-state index in [0.717, 1.165) is 28.9 Å². The molecule has 1 unspecified atom stereocenters. The van der Waals surface area contributed by atoms with E-state index in [1.54, 1.807) is 28.5 Å². The summed E-state index contributed by atoms with van der Waals surface area (Å²) in [5, 5.41) is 0. The van der Waals surface area contributed by atoms with Gasteiger partial charge in [0.2, 0.25) is 12.3 Å². The normalized spacial score (nSPS) is 16.7. The second-order valence-corrected chi connectivity index (χ2v) is 6.81. The number of nitrogens with zero attached hydrogens (tertiary/aromatic N) is 2. The topological polar surface area (TPSA) is 40.6 Å². The molecule has 0 bridgehead atoms. The third kappa shape index (κ3) is 2.91. The highest BCUT2D eigenvalue weighted by atomic mass is 32.2. The van der Waals surface area contributed by atoms with Crippen LogP contribution < -0.4 is 9.80 Å². The van der Waals surface area contributed by atoms with Crippen LogP contribution in [0.1, 0.15) is 13.8 Å². The molecule has 1 heterocycles. The summed E-state index contributed by atoms with van der Waals surface area (Å²) >= 11 is 1.70. The molecule has 4 nitrogen and oxygen atoms in total. The van der Waals surface area contributed by atoms with E-state index in [2.05, 4.69) is 24.3 Å². The van der Waals surface area contributed by atoms with Crippen LogP contribution >= 0.6 is 11.8 Å². The van der Waals surface area contributed by atoms with Crippen molar-refractivity contribution in [3.05, 3.63) is 42.5 Å². The van der Waals surface area contributed by atoms with Gasteiger partial charge in [0.25, 0.3) is 0 Å². The van der Waals surface area contributed by atoms with E-state index < -0.39 is 0 Å². The number of hydrogen-bond acceptors (Lipinski definition) is 3. The van der Waals surface area contributed by atoms with Gasteiger partial charge in [-0.3, -0.25) is 9.59 Å². The number of amides is 2. The Morgan fingerprint density at radius 1 is 1.12 bits per heavy atom. The average molecular weight is 340 g/mol. The first-order valence-electron chi connectivity index (χ1n) is 7.85. The van der Waals surface area contributed by atoms with E-state index in [0.29, 0.717) is 6.54 Å². The van der Waals surface area contributed by atoms with Crippen molar-refractivity contribution in [1.29, 1.82) is 0 Å². The van der Waals surface area contributed by atoms with E-state index in [1.165, 1.54) is 4.90 Å². The second kappa shape index (κ2) is 6.69. The number of benzene rings is 2. The Bertz CT molecular complexity index is 773. The molecule has 2 aromatic rings. The van der Waals surface area contributed by atoms with Crippen molar-refractivity contribution in [3.8, 4) is 11.1 Å². The monoisotopic (exact) mass is 340 g/mol. The van der Waals surface area contributed by atoms with Gasteiger partial charge in [0.15, 0.2) is 0 Å². The molecule has 1 aliphatic heterocycles. The van der Waals surface area contributed by atoms with Crippen LogP contribution in [0.4, 0.5) is 11.4 Å². The second-order valence-electron chi connectivity index (χ2n) is 5.93. The lowest BCUT2D eigenvalue weighted by molar-refractivity contribution is -0.117. The molecule has 1 atom stereocenters. The third-order valence-electron chi connectivity index (χ3n) is 4.34. The molecule has 1 aliphatic rings. The molecule has 0 saturated carbocycles. The predicted molar refractivity (Wildman–Crippen MR) is 99.7 cm³/mol. The number of rotatable bonds is 3. The minimum Gasteiger partial charge on any atom is -0.311 e. The molecule has 0 aliphatic carbocycles. The minimum absolute atomic E-state index is 0.00799. The third-order valence-corrected chi connectivity index (χ3v) is 5.08. The smallest absolute Gasteiger partial charge is 0.224 e. The van der Waals surface area contributed by atoms with Crippen LogP contribution in [0.25, 0.3) is 11.1 Å². The summed E-state index contributed by atoms with van der Waals surface area (Å²) in [5.41, 5.74) is 3.70. The lowest BCUT2D eigenvalue weighted by Gasteiger charge is -2.39. The predicted octanol–water partition coefficient (Wildman–Crippen LogP) is 3.79. The summed E-state index contributed by atoms with van der Waals surface area (Å²) in [6.45, 7) is 4.02. The fourth-order valence-electron chi connectivity index (χ4n) is 3.20.